The Labute approximate surface area is 167 Å². The van der Waals surface area contributed by atoms with E-state index in [2.05, 4.69) is 15.9 Å². The van der Waals surface area contributed by atoms with Crippen molar-refractivity contribution in [3.05, 3.63) is 58.3 Å². The quantitative estimate of drug-likeness (QED) is 0.693. The molecule has 0 fully saturated rings. The van der Waals surface area contributed by atoms with E-state index in [0.717, 1.165) is 38.6 Å². The van der Waals surface area contributed by atoms with Gasteiger partial charge in [-0.3, -0.25) is 4.79 Å². The first-order valence-electron chi connectivity index (χ1n) is 8.60. The molecule has 0 spiro atoms. The Bertz CT molecular complexity index is 963. The van der Waals surface area contributed by atoms with Crippen LogP contribution in [-0.4, -0.2) is 37.8 Å². The van der Waals surface area contributed by atoms with Crippen molar-refractivity contribution in [2.24, 2.45) is 0 Å². The predicted molar refractivity (Wildman–Crippen MR) is 106 cm³/mol. The molecule has 0 bridgehead atoms. The molecule has 2 aromatic rings. The summed E-state index contributed by atoms with van der Waals surface area (Å²) < 4.78 is 40.8. The zero-order valence-corrected chi connectivity index (χ0v) is 17.4. The Morgan fingerprint density at radius 1 is 1.26 bits per heavy atom. The lowest BCUT2D eigenvalue weighted by Crippen LogP contribution is -2.45. The predicted octanol–water partition coefficient (Wildman–Crippen LogP) is 3.58. The lowest BCUT2D eigenvalue weighted by Gasteiger charge is -2.27. The van der Waals surface area contributed by atoms with Crippen molar-refractivity contribution in [3.63, 3.8) is 0 Å². The van der Waals surface area contributed by atoms with Gasteiger partial charge in [0, 0.05) is 22.7 Å². The minimum absolute atomic E-state index is 0.0302. The first-order valence-corrected chi connectivity index (χ1v) is 10.8. The molecule has 8 heteroatoms. The average Bonchev–Trinajstić information content (AvgIpc) is 2.94. The number of anilines is 1. The van der Waals surface area contributed by atoms with E-state index < -0.39 is 15.8 Å². The third kappa shape index (κ3) is 3.93. The first kappa shape index (κ1) is 20.0. The van der Waals surface area contributed by atoms with Crippen molar-refractivity contribution in [3.8, 4) is 0 Å². The van der Waals surface area contributed by atoms with Gasteiger partial charge in [0.15, 0.2) is 0 Å². The second-order valence-corrected chi connectivity index (χ2v) is 9.33. The standard InChI is InChI=1S/C19H20BrFN2O3S/c1-3-22(27(25,26)17-7-5-16(21)6-8-17)12-19(24)23-13(2)10-14-11-15(20)4-9-18(14)23/h4-9,11,13H,3,10,12H2,1-2H3. The number of nitrogens with zero attached hydrogens (tertiary/aromatic N) is 2. The SMILES string of the molecule is CCN(CC(=O)N1c2ccc(Br)cc2CC1C)S(=O)(=O)c1ccc(F)cc1. The number of hydrogen-bond acceptors (Lipinski definition) is 3. The summed E-state index contributed by atoms with van der Waals surface area (Å²) in [5.41, 5.74) is 1.86. The number of benzene rings is 2. The molecule has 0 N–H and O–H groups in total. The number of hydrogen-bond donors (Lipinski definition) is 0. The molecule has 0 radical (unpaired) electrons. The fraction of sp³-hybridized carbons (Fsp3) is 0.316. The highest BCUT2D eigenvalue weighted by atomic mass is 79.9. The molecular formula is C19H20BrFN2O3S. The Kier molecular flexibility index (Phi) is 5.69. The van der Waals surface area contributed by atoms with E-state index >= 15 is 0 Å². The zero-order valence-electron chi connectivity index (χ0n) is 15.0. The topological polar surface area (TPSA) is 57.7 Å². The van der Waals surface area contributed by atoms with Crippen molar-refractivity contribution in [2.75, 3.05) is 18.0 Å². The maximum absolute atomic E-state index is 13.1. The highest BCUT2D eigenvalue weighted by Crippen LogP contribution is 2.34. The van der Waals surface area contributed by atoms with Gasteiger partial charge in [-0.25, -0.2) is 12.8 Å². The van der Waals surface area contributed by atoms with E-state index in [1.165, 1.54) is 12.1 Å². The summed E-state index contributed by atoms with van der Waals surface area (Å²) in [7, 11) is -3.88. The molecule has 1 unspecified atom stereocenters. The van der Waals surface area contributed by atoms with Crippen LogP contribution in [-0.2, 0) is 21.2 Å². The van der Waals surface area contributed by atoms with Gasteiger partial charge in [0.2, 0.25) is 15.9 Å². The van der Waals surface area contributed by atoms with E-state index in [9.17, 15) is 17.6 Å². The van der Waals surface area contributed by atoms with Crippen molar-refractivity contribution >= 4 is 37.5 Å². The van der Waals surface area contributed by atoms with E-state index in [1.54, 1.807) is 11.8 Å². The molecular weight excluding hydrogens is 435 g/mol. The fourth-order valence-corrected chi connectivity index (χ4v) is 5.14. The van der Waals surface area contributed by atoms with Gasteiger partial charge >= 0.3 is 0 Å². The second kappa shape index (κ2) is 7.69. The number of rotatable bonds is 5. The smallest absolute Gasteiger partial charge is 0.243 e. The summed E-state index contributed by atoms with van der Waals surface area (Å²) in [4.78, 5) is 14.6. The van der Waals surface area contributed by atoms with Gasteiger partial charge in [-0.05, 0) is 61.4 Å². The molecule has 1 amide bonds. The third-order valence-corrected chi connectivity index (χ3v) is 7.07. The van der Waals surface area contributed by atoms with Crippen molar-refractivity contribution in [1.82, 2.24) is 4.31 Å². The maximum atomic E-state index is 13.1. The van der Waals surface area contributed by atoms with Crippen molar-refractivity contribution < 1.29 is 17.6 Å². The van der Waals surface area contributed by atoms with E-state index in [0.29, 0.717) is 0 Å². The van der Waals surface area contributed by atoms with Crippen LogP contribution in [0.5, 0.6) is 0 Å². The molecule has 3 rings (SSSR count). The number of fused-ring (bicyclic) bond motifs is 1. The van der Waals surface area contributed by atoms with Gasteiger partial charge in [-0.15, -0.1) is 0 Å². The molecule has 1 atom stereocenters. The van der Waals surface area contributed by atoms with Gasteiger partial charge in [-0.2, -0.15) is 4.31 Å². The van der Waals surface area contributed by atoms with Crippen LogP contribution in [0.4, 0.5) is 10.1 Å². The minimum Gasteiger partial charge on any atom is -0.308 e. The largest absolute Gasteiger partial charge is 0.308 e. The molecule has 0 aliphatic carbocycles. The van der Waals surface area contributed by atoms with Gasteiger partial charge in [0.25, 0.3) is 0 Å². The number of carbonyl (C=O) groups is 1. The number of likely N-dealkylation sites (N-methyl/N-ethyl adjacent to an activating group) is 1. The molecule has 1 heterocycles. The number of amides is 1. The summed E-state index contributed by atoms with van der Waals surface area (Å²) in [6.45, 7) is 3.49. The Morgan fingerprint density at radius 2 is 1.93 bits per heavy atom. The monoisotopic (exact) mass is 454 g/mol. The molecule has 0 saturated heterocycles. The van der Waals surface area contributed by atoms with Gasteiger partial charge in [0.1, 0.15) is 5.82 Å². The summed E-state index contributed by atoms with van der Waals surface area (Å²) in [6.07, 6.45) is 0.720. The van der Waals surface area contributed by atoms with Crippen LogP contribution >= 0.6 is 15.9 Å². The highest BCUT2D eigenvalue weighted by molar-refractivity contribution is 9.10. The van der Waals surface area contributed by atoms with Crippen molar-refractivity contribution in [1.29, 1.82) is 0 Å². The Morgan fingerprint density at radius 3 is 2.56 bits per heavy atom. The molecule has 0 saturated carbocycles. The summed E-state index contributed by atoms with van der Waals surface area (Å²) in [5.74, 6) is -0.794. The number of halogens is 2. The molecule has 5 nitrogen and oxygen atoms in total. The van der Waals surface area contributed by atoms with Crippen LogP contribution in [0.15, 0.2) is 51.8 Å². The van der Waals surface area contributed by atoms with Crippen LogP contribution < -0.4 is 4.90 Å². The lowest BCUT2D eigenvalue weighted by atomic mass is 10.1. The van der Waals surface area contributed by atoms with Crippen LogP contribution in [0.25, 0.3) is 0 Å². The van der Waals surface area contributed by atoms with Gasteiger partial charge in [0.05, 0.1) is 11.4 Å². The zero-order chi connectivity index (χ0) is 19.8. The third-order valence-electron chi connectivity index (χ3n) is 4.64. The first-order chi connectivity index (χ1) is 12.7. The summed E-state index contributed by atoms with van der Waals surface area (Å²) in [5, 5.41) is 0. The highest BCUT2D eigenvalue weighted by Gasteiger charge is 2.34. The molecule has 0 aromatic heterocycles. The summed E-state index contributed by atoms with van der Waals surface area (Å²) in [6, 6.07) is 10.3. The molecule has 1 aliphatic heterocycles. The fourth-order valence-electron chi connectivity index (χ4n) is 3.33. The van der Waals surface area contributed by atoms with E-state index in [4.69, 9.17) is 0 Å². The van der Waals surface area contributed by atoms with Crippen molar-refractivity contribution in [2.45, 2.75) is 31.2 Å². The number of sulfonamides is 1. The minimum atomic E-state index is -3.88. The average molecular weight is 455 g/mol. The molecule has 144 valence electrons. The van der Waals surface area contributed by atoms with Crippen LogP contribution in [0.3, 0.4) is 0 Å². The Balaban J connectivity index is 1.85. The normalized spacial score (nSPS) is 16.6. The van der Waals surface area contributed by atoms with E-state index in [1.807, 2.05) is 25.1 Å². The van der Waals surface area contributed by atoms with Gasteiger partial charge < -0.3 is 4.90 Å². The summed E-state index contributed by atoms with van der Waals surface area (Å²) >= 11 is 3.43. The lowest BCUT2D eigenvalue weighted by molar-refractivity contribution is -0.119. The molecule has 1 aliphatic rings. The number of carbonyl (C=O) groups excluding carboxylic acids is 1. The van der Waals surface area contributed by atoms with Crippen LogP contribution in [0.1, 0.15) is 19.4 Å². The van der Waals surface area contributed by atoms with Gasteiger partial charge in [-0.1, -0.05) is 22.9 Å². The second-order valence-electron chi connectivity index (χ2n) is 6.48. The molecule has 2 aromatic carbocycles. The Hall–Kier alpha value is -1.77. The maximum Gasteiger partial charge on any atom is 0.243 e. The molecule has 27 heavy (non-hydrogen) atoms. The van der Waals surface area contributed by atoms with Crippen LogP contribution in [0.2, 0.25) is 0 Å². The van der Waals surface area contributed by atoms with Crippen LogP contribution in [0, 0.1) is 5.82 Å². The van der Waals surface area contributed by atoms with E-state index in [-0.39, 0.29) is 29.9 Å².